The normalized spacial score (nSPS) is 11.9. The minimum absolute atomic E-state index is 0.109. The molecule has 0 aromatic heterocycles. The minimum Gasteiger partial charge on any atom is -0.462 e. The van der Waals surface area contributed by atoms with Gasteiger partial charge in [-0.2, -0.15) is 25.3 Å². The van der Waals surface area contributed by atoms with Crippen LogP contribution >= 0.6 is 25.3 Å². The van der Waals surface area contributed by atoms with Crippen molar-refractivity contribution in [1.82, 2.24) is 0 Å². The Balaban J connectivity index is 3.60. The molecule has 0 radical (unpaired) electrons. The van der Waals surface area contributed by atoms with Gasteiger partial charge in [-0.15, -0.1) is 0 Å². The van der Waals surface area contributed by atoms with Gasteiger partial charge in [-0.25, -0.2) is 0 Å². The third kappa shape index (κ3) is 10.5. The van der Waals surface area contributed by atoms with E-state index in [2.05, 4.69) is 25.3 Å². The molecule has 0 N–H and O–H groups in total. The van der Waals surface area contributed by atoms with E-state index in [1.165, 1.54) is 0 Å². The fourth-order valence-electron chi connectivity index (χ4n) is 1.05. The van der Waals surface area contributed by atoms with Crippen LogP contribution < -0.4 is 0 Å². The van der Waals surface area contributed by atoms with Crippen molar-refractivity contribution in [3.05, 3.63) is 0 Å². The number of hydrogen-bond acceptors (Lipinski definition) is 6. The van der Waals surface area contributed by atoms with Crippen LogP contribution in [-0.2, 0) is 19.1 Å². The molecule has 4 nitrogen and oxygen atoms in total. The van der Waals surface area contributed by atoms with Gasteiger partial charge in [0.15, 0.2) is 0 Å². The Hall–Kier alpha value is -0.360. The van der Waals surface area contributed by atoms with Crippen LogP contribution in [0, 0.1) is 0 Å². The van der Waals surface area contributed by atoms with Crippen LogP contribution in [0.3, 0.4) is 0 Å². The fourth-order valence-corrected chi connectivity index (χ4v) is 1.36. The number of hydrogen-bond donors (Lipinski definition) is 2. The Bertz CT molecular complexity index is 234. The first-order chi connectivity index (χ1) is 8.10. The SMILES string of the molecule is CC(COC(=O)CCCS)OC(=O)CCCS. The van der Waals surface area contributed by atoms with E-state index < -0.39 is 6.10 Å². The topological polar surface area (TPSA) is 52.6 Å². The van der Waals surface area contributed by atoms with Gasteiger partial charge < -0.3 is 9.47 Å². The maximum atomic E-state index is 11.2. The molecule has 0 heterocycles. The standard InChI is InChI=1S/C11H20O4S2/c1-9(15-11(13)5-3-7-17)8-14-10(12)4-2-6-16/h9,16-17H,2-8H2,1H3. The molecule has 0 saturated heterocycles. The predicted octanol–water partition coefficient (Wildman–Crippen LogP) is 1.88. The van der Waals surface area contributed by atoms with Crippen LogP contribution in [0.5, 0.6) is 0 Å². The summed E-state index contributed by atoms with van der Waals surface area (Å²) in [6.45, 7) is 1.81. The van der Waals surface area contributed by atoms with Crippen molar-refractivity contribution in [2.24, 2.45) is 0 Å². The molecule has 0 spiro atoms. The van der Waals surface area contributed by atoms with Crippen molar-refractivity contribution in [2.45, 2.75) is 38.7 Å². The summed E-state index contributed by atoms with van der Waals surface area (Å²) < 4.78 is 9.99. The first-order valence-corrected chi connectivity index (χ1v) is 6.93. The number of ether oxygens (including phenoxy) is 2. The summed E-state index contributed by atoms with van der Waals surface area (Å²) in [5, 5.41) is 0. The molecular weight excluding hydrogens is 260 g/mol. The van der Waals surface area contributed by atoms with Gasteiger partial charge in [0.25, 0.3) is 0 Å². The Kier molecular flexibility index (Phi) is 10.5. The van der Waals surface area contributed by atoms with Crippen molar-refractivity contribution >= 4 is 37.2 Å². The highest BCUT2D eigenvalue weighted by molar-refractivity contribution is 7.80. The summed E-state index contributed by atoms with van der Waals surface area (Å²) in [5.74, 6) is 0.751. The minimum atomic E-state index is -0.401. The molecule has 0 bridgehead atoms. The highest BCUT2D eigenvalue weighted by Crippen LogP contribution is 2.01. The lowest BCUT2D eigenvalue weighted by atomic mass is 10.3. The summed E-state index contributed by atoms with van der Waals surface area (Å²) >= 11 is 8.00. The summed E-state index contributed by atoms with van der Waals surface area (Å²) in [5.41, 5.74) is 0. The van der Waals surface area contributed by atoms with E-state index in [1.54, 1.807) is 6.92 Å². The van der Waals surface area contributed by atoms with Crippen molar-refractivity contribution in [3.63, 3.8) is 0 Å². The smallest absolute Gasteiger partial charge is 0.306 e. The van der Waals surface area contributed by atoms with Gasteiger partial charge in [-0.1, -0.05) is 0 Å². The summed E-state index contributed by atoms with van der Waals surface area (Å²) in [4.78, 5) is 22.4. The lowest BCUT2D eigenvalue weighted by Gasteiger charge is -2.13. The van der Waals surface area contributed by atoms with Gasteiger partial charge >= 0.3 is 11.9 Å². The second-order valence-corrected chi connectivity index (χ2v) is 4.53. The second kappa shape index (κ2) is 10.8. The quantitative estimate of drug-likeness (QED) is 0.500. The molecule has 0 aromatic rings. The first-order valence-electron chi connectivity index (χ1n) is 5.67. The molecular formula is C11H20O4S2. The maximum absolute atomic E-state index is 11.2. The molecule has 0 rings (SSSR count). The van der Waals surface area contributed by atoms with Crippen molar-refractivity contribution in [2.75, 3.05) is 18.1 Å². The molecule has 17 heavy (non-hydrogen) atoms. The van der Waals surface area contributed by atoms with Crippen LogP contribution in [0.15, 0.2) is 0 Å². The van der Waals surface area contributed by atoms with Gasteiger partial charge in [-0.3, -0.25) is 9.59 Å². The molecule has 6 heteroatoms. The molecule has 0 amide bonds. The monoisotopic (exact) mass is 280 g/mol. The number of rotatable bonds is 9. The number of carbonyl (C=O) groups excluding carboxylic acids is 2. The summed E-state index contributed by atoms with van der Waals surface area (Å²) in [6.07, 6.45) is 1.68. The number of thiol groups is 2. The molecule has 0 aliphatic carbocycles. The van der Waals surface area contributed by atoms with Crippen molar-refractivity contribution < 1.29 is 19.1 Å². The van der Waals surface area contributed by atoms with E-state index >= 15 is 0 Å². The van der Waals surface area contributed by atoms with Crippen LogP contribution in [0.1, 0.15) is 32.6 Å². The highest BCUT2D eigenvalue weighted by atomic mass is 32.1. The third-order valence-electron chi connectivity index (χ3n) is 1.89. The Morgan fingerprint density at radius 1 is 1.06 bits per heavy atom. The summed E-state index contributed by atoms with van der Waals surface area (Å²) in [6, 6.07) is 0. The summed E-state index contributed by atoms with van der Waals surface area (Å²) in [7, 11) is 0. The molecule has 0 aromatic carbocycles. The molecule has 0 fully saturated rings. The average molecular weight is 280 g/mol. The molecule has 1 atom stereocenters. The molecule has 0 aliphatic heterocycles. The maximum Gasteiger partial charge on any atom is 0.306 e. The van der Waals surface area contributed by atoms with Gasteiger partial charge in [0.2, 0.25) is 0 Å². The van der Waals surface area contributed by atoms with Crippen LogP contribution in [0.2, 0.25) is 0 Å². The average Bonchev–Trinajstić information content (AvgIpc) is 2.31. The number of esters is 2. The van der Waals surface area contributed by atoms with Crippen molar-refractivity contribution in [3.8, 4) is 0 Å². The molecule has 0 saturated carbocycles. The van der Waals surface area contributed by atoms with Gasteiger partial charge in [0.05, 0.1) is 0 Å². The second-order valence-electron chi connectivity index (χ2n) is 3.64. The van der Waals surface area contributed by atoms with Crippen molar-refractivity contribution in [1.29, 1.82) is 0 Å². The van der Waals surface area contributed by atoms with Gasteiger partial charge in [0, 0.05) is 12.8 Å². The van der Waals surface area contributed by atoms with Crippen LogP contribution in [-0.4, -0.2) is 36.2 Å². The first kappa shape index (κ1) is 16.6. The van der Waals surface area contributed by atoms with Crippen LogP contribution in [0.4, 0.5) is 0 Å². The predicted molar refractivity (Wildman–Crippen MR) is 72.7 cm³/mol. The zero-order chi connectivity index (χ0) is 13.1. The van der Waals surface area contributed by atoms with E-state index in [0.717, 1.165) is 0 Å². The lowest BCUT2D eigenvalue weighted by molar-refractivity contribution is -0.158. The molecule has 0 aliphatic rings. The van der Waals surface area contributed by atoms with E-state index in [-0.39, 0.29) is 18.5 Å². The van der Waals surface area contributed by atoms with Gasteiger partial charge in [0.1, 0.15) is 12.7 Å². The van der Waals surface area contributed by atoms with Crippen LogP contribution in [0.25, 0.3) is 0 Å². The Morgan fingerprint density at radius 3 is 2.12 bits per heavy atom. The lowest BCUT2D eigenvalue weighted by Crippen LogP contribution is -2.22. The zero-order valence-corrected chi connectivity index (χ0v) is 11.8. The third-order valence-corrected chi connectivity index (χ3v) is 2.52. The Morgan fingerprint density at radius 2 is 1.59 bits per heavy atom. The molecule has 100 valence electrons. The van der Waals surface area contributed by atoms with E-state index in [0.29, 0.717) is 37.2 Å². The molecule has 1 unspecified atom stereocenters. The fraction of sp³-hybridized carbons (Fsp3) is 0.818. The van der Waals surface area contributed by atoms with E-state index in [1.807, 2.05) is 0 Å². The zero-order valence-electron chi connectivity index (χ0n) is 10.1. The van der Waals surface area contributed by atoms with E-state index in [9.17, 15) is 9.59 Å². The van der Waals surface area contributed by atoms with Gasteiger partial charge in [-0.05, 0) is 31.3 Å². The largest absolute Gasteiger partial charge is 0.462 e. The Labute approximate surface area is 113 Å². The highest BCUT2D eigenvalue weighted by Gasteiger charge is 2.11. The number of carbonyl (C=O) groups is 2. The van der Waals surface area contributed by atoms with E-state index in [4.69, 9.17) is 9.47 Å².